The zero-order valence-corrected chi connectivity index (χ0v) is 15.9. The number of halogens is 1. The molecule has 0 saturated carbocycles. The standard InChI is InChI=1S/C18H22BrN3O3/c1-2-25-18(24)17-16(13-10-12(19)6-7-14(13)20-17)21-15(23)11-22-8-4-3-5-9-22/h6-7,10,20H,2-5,8-9,11H2,1H3,(H,21,23)/p+1. The highest BCUT2D eigenvalue weighted by Gasteiger charge is 2.23. The van der Waals surface area contributed by atoms with Gasteiger partial charge in [-0.1, -0.05) is 15.9 Å². The second kappa shape index (κ2) is 8.01. The SMILES string of the molecule is CCOC(=O)c1[nH]c2ccc(Br)cc2c1NC(=O)C[NH+]1CCCCC1. The molecule has 0 radical (unpaired) electrons. The van der Waals surface area contributed by atoms with Crippen molar-refractivity contribution in [3.05, 3.63) is 28.4 Å². The summed E-state index contributed by atoms with van der Waals surface area (Å²) in [7, 11) is 0. The van der Waals surface area contributed by atoms with Gasteiger partial charge in [-0.05, 0) is 44.4 Å². The summed E-state index contributed by atoms with van der Waals surface area (Å²) in [6.45, 7) is 4.51. The number of hydrogen-bond donors (Lipinski definition) is 3. The van der Waals surface area contributed by atoms with Crippen molar-refractivity contribution in [3.63, 3.8) is 0 Å². The molecule has 3 N–H and O–H groups in total. The fraction of sp³-hybridized carbons (Fsp3) is 0.444. The molecule has 3 rings (SSSR count). The number of likely N-dealkylation sites (tertiary alicyclic amines) is 1. The number of ether oxygens (including phenoxy) is 1. The van der Waals surface area contributed by atoms with E-state index in [1.54, 1.807) is 6.92 Å². The highest BCUT2D eigenvalue weighted by atomic mass is 79.9. The molecule has 0 aliphatic carbocycles. The van der Waals surface area contributed by atoms with Crippen LogP contribution in [0, 0.1) is 0 Å². The Morgan fingerprint density at radius 1 is 1.28 bits per heavy atom. The Morgan fingerprint density at radius 3 is 2.76 bits per heavy atom. The summed E-state index contributed by atoms with van der Waals surface area (Å²) in [6, 6.07) is 5.64. The van der Waals surface area contributed by atoms with Gasteiger partial charge in [0.25, 0.3) is 5.91 Å². The molecular weight excluding hydrogens is 386 g/mol. The minimum Gasteiger partial charge on any atom is -0.461 e. The monoisotopic (exact) mass is 408 g/mol. The molecule has 1 aliphatic heterocycles. The van der Waals surface area contributed by atoms with E-state index in [9.17, 15) is 9.59 Å². The van der Waals surface area contributed by atoms with E-state index in [4.69, 9.17) is 4.74 Å². The number of benzene rings is 1. The minimum atomic E-state index is -0.463. The molecule has 134 valence electrons. The second-order valence-electron chi connectivity index (χ2n) is 6.32. The number of amides is 1. The van der Waals surface area contributed by atoms with E-state index in [2.05, 4.69) is 26.2 Å². The summed E-state index contributed by atoms with van der Waals surface area (Å²) in [5.74, 6) is -0.543. The molecule has 1 saturated heterocycles. The molecule has 1 amide bonds. The number of aromatic amines is 1. The predicted molar refractivity (Wildman–Crippen MR) is 100.0 cm³/mol. The number of hydrogen-bond acceptors (Lipinski definition) is 3. The third-order valence-electron chi connectivity index (χ3n) is 4.48. The number of quaternary nitrogens is 1. The van der Waals surface area contributed by atoms with Crippen molar-refractivity contribution in [2.45, 2.75) is 26.2 Å². The van der Waals surface area contributed by atoms with E-state index in [0.29, 0.717) is 12.2 Å². The van der Waals surface area contributed by atoms with Crippen molar-refractivity contribution < 1.29 is 19.2 Å². The zero-order chi connectivity index (χ0) is 17.8. The molecule has 1 fully saturated rings. The number of piperidine rings is 1. The molecule has 25 heavy (non-hydrogen) atoms. The summed E-state index contributed by atoms with van der Waals surface area (Å²) >= 11 is 3.44. The number of carbonyl (C=O) groups excluding carboxylic acids is 2. The summed E-state index contributed by atoms with van der Waals surface area (Å²) in [5, 5.41) is 3.73. The van der Waals surface area contributed by atoms with Crippen molar-refractivity contribution >= 4 is 44.4 Å². The van der Waals surface area contributed by atoms with Crippen LogP contribution in [0.4, 0.5) is 5.69 Å². The van der Waals surface area contributed by atoms with Crippen LogP contribution in [0.3, 0.4) is 0 Å². The van der Waals surface area contributed by atoms with Gasteiger partial charge in [0.15, 0.2) is 6.54 Å². The normalized spacial score (nSPS) is 15.3. The van der Waals surface area contributed by atoms with Crippen LogP contribution in [-0.2, 0) is 9.53 Å². The maximum Gasteiger partial charge on any atom is 0.356 e. The van der Waals surface area contributed by atoms with E-state index in [0.717, 1.165) is 41.3 Å². The molecule has 1 aromatic heterocycles. The molecule has 1 aliphatic rings. The van der Waals surface area contributed by atoms with Gasteiger partial charge in [0.1, 0.15) is 5.69 Å². The maximum atomic E-state index is 12.5. The lowest BCUT2D eigenvalue weighted by molar-refractivity contribution is -0.896. The number of fused-ring (bicyclic) bond motifs is 1. The first kappa shape index (κ1) is 17.9. The number of H-pyrrole nitrogens is 1. The van der Waals surface area contributed by atoms with Crippen LogP contribution in [-0.4, -0.2) is 43.1 Å². The molecule has 2 heterocycles. The molecular formula is C18H23BrN3O3+. The number of carbonyl (C=O) groups is 2. The van der Waals surface area contributed by atoms with Crippen molar-refractivity contribution in [1.29, 1.82) is 0 Å². The molecule has 6 nitrogen and oxygen atoms in total. The summed E-state index contributed by atoms with van der Waals surface area (Å²) in [4.78, 5) is 29.2. The number of anilines is 1. The second-order valence-corrected chi connectivity index (χ2v) is 7.24. The minimum absolute atomic E-state index is 0.0803. The molecule has 0 spiro atoms. The fourth-order valence-corrected chi connectivity index (χ4v) is 3.65. The molecule has 2 aromatic rings. The van der Waals surface area contributed by atoms with E-state index in [1.807, 2.05) is 18.2 Å². The molecule has 7 heteroatoms. The Balaban J connectivity index is 1.86. The first-order valence-electron chi connectivity index (χ1n) is 8.70. The van der Waals surface area contributed by atoms with Gasteiger partial charge in [0.05, 0.1) is 25.4 Å². The predicted octanol–water partition coefficient (Wildman–Crippen LogP) is 2.11. The average Bonchev–Trinajstić information content (AvgIpc) is 2.94. The van der Waals surface area contributed by atoms with Gasteiger partial charge in [0.2, 0.25) is 0 Å². The Bertz CT molecular complexity index is 781. The van der Waals surface area contributed by atoms with Gasteiger partial charge in [-0.2, -0.15) is 0 Å². The average molecular weight is 409 g/mol. The van der Waals surface area contributed by atoms with Crippen LogP contribution in [0.5, 0.6) is 0 Å². The van der Waals surface area contributed by atoms with E-state index < -0.39 is 5.97 Å². The first-order chi connectivity index (χ1) is 12.1. The highest BCUT2D eigenvalue weighted by Crippen LogP contribution is 2.30. The lowest BCUT2D eigenvalue weighted by Gasteiger charge is -2.22. The van der Waals surface area contributed by atoms with Crippen molar-refractivity contribution in [2.24, 2.45) is 0 Å². The smallest absolute Gasteiger partial charge is 0.356 e. The van der Waals surface area contributed by atoms with Gasteiger partial charge >= 0.3 is 5.97 Å². The van der Waals surface area contributed by atoms with Gasteiger partial charge in [0, 0.05) is 15.4 Å². The van der Waals surface area contributed by atoms with Crippen molar-refractivity contribution in [2.75, 3.05) is 31.6 Å². The third kappa shape index (κ3) is 4.22. The summed E-state index contributed by atoms with van der Waals surface area (Å²) < 4.78 is 6.00. The number of aromatic nitrogens is 1. The molecule has 1 aromatic carbocycles. The van der Waals surface area contributed by atoms with E-state index in [1.165, 1.54) is 11.3 Å². The third-order valence-corrected chi connectivity index (χ3v) is 4.97. The maximum absolute atomic E-state index is 12.5. The summed E-state index contributed by atoms with van der Waals surface area (Å²) in [6.07, 6.45) is 3.57. The first-order valence-corrected chi connectivity index (χ1v) is 9.49. The van der Waals surface area contributed by atoms with Gasteiger partial charge in [-0.25, -0.2) is 4.79 Å². The number of nitrogens with one attached hydrogen (secondary N) is 3. The molecule has 0 atom stereocenters. The quantitative estimate of drug-likeness (QED) is 0.663. The Morgan fingerprint density at radius 2 is 2.04 bits per heavy atom. The van der Waals surface area contributed by atoms with E-state index >= 15 is 0 Å². The number of esters is 1. The lowest BCUT2D eigenvalue weighted by atomic mass is 10.1. The Labute approximate surface area is 155 Å². The van der Waals surface area contributed by atoms with Crippen LogP contribution in [0.1, 0.15) is 36.7 Å². The largest absolute Gasteiger partial charge is 0.461 e. The van der Waals surface area contributed by atoms with Gasteiger partial charge in [-0.15, -0.1) is 0 Å². The van der Waals surface area contributed by atoms with Crippen molar-refractivity contribution in [3.8, 4) is 0 Å². The Hall–Kier alpha value is -1.86. The van der Waals surface area contributed by atoms with Crippen LogP contribution in [0.2, 0.25) is 0 Å². The van der Waals surface area contributed by atoms with Crippen LogP contribution >= 0.6 is 15.9 Å². The van der Waals surface area contributed by atoms with Crippen LogP contribution < -0.4 is 10.2 Å². The van der Waals surface area contributed by atoms with Crippen LogP contribution in [0.25, 0.3) is 10.9 Å². The van der Waals surface area contributed by atoms with Crippen molar-refractivity contribution in [1.82, 2.24) is 4.98 Å². The zero-order valence-electron chi connectivity index (χ0n) is 14.3. The highest BCUT2D eigenvalue weighted by molar-refractivity contribution is 9.10. The lowest BCUT2D eigenvalue weighted by Crippen LogP contribution is -3.13. The van der Waals surface area contributed by atoms with Crippen LogP contribution in [0.15, 0.2) is 22.7 Å². The Kier molecular flexibility index (Phi) is 5.75. The van der Waals surface area contributed by atoms with E-state index in [-0.39, 0.29) is 18.2 Å². The van der Waals surface area contributed by atoms with Gasteiger partial charge in [-0.3, -0.25) is 4.79 Å². The topological polar surface area (TPSA) is 75.6 Å². The van der Waals surface area contributed by atoms with Gasteiger partial charge < -0.3 is 19.9 Å². The fourth-order valence-electron chi connectivity index (χ4n) is 3.29. The molecule has 0 bridgehead atoms. The number of rotatable bonds is 5. The molecule has 0 unspecified atom stereocenters. The summed E-state index contributed by atoms with van der Waals surface area (Å²) in [5.41, 5.74) is 1.57.